The minimum atomic E-state index is -1.45. The van der Waals surface area contributed by atoms with Gasteiger partial charge in [0, 0.05) is 12.0 Å². The summed E-state index contributed by atoms with van der Waals surface area (Å²) in [6.07, 6.45) is -0.131. The third-order valence-corrected chi connectivity index (χ3v) is 6.59. The summed E-state index contributed by atoms with van der Waals surface area (Å²) < 4.78 is 0. The summed E-state index contributed by atoms with van der Waals surface area (Å²) in [6.45, 7) is 0. The van der Waals surface area contributed by atoms with Crippen molar-refractivity contribution < 1.29 is 9.59 Å². The van der Waals surface area contributed by atoms with Crippen LogP contribution in [-0.4, -0.2) is 22.9 Å². The van der Waals surface area contributed by atoms with Gasteiger partial charge in [-0.2, -0.15) is 5.10 Å². The molecule has 1 aliphatic rings. The third kappa shape index (κ3) is 4.08. The Bertz CT molecular complexity index is 1380. The lowest BCUT2D eigenvalue weighted by atomic mass is 9.71. The van der Waals surface area contributed by atoms with Crippen LogP contribution in [0.5, 0.6) is 0 Å². The molecule has 0 fully saturated rings. The van der Waals surface area contributed by atoms with E-state index in [2.05, 4.69) is 5.43 Å². The molecule has 0 saturated heterocycles. The molecule has 0 bridgehead atoms. The molecule has 4 aromatic carbocycles. The van der Waals surface area contributed by atoms with E-state index in [1.54, 1.807) is 17.1 Å². The highest BCUT2D eigenvalue weighted by Gasteiger charge is 2.58. The SMILES string of the molecule is NNC(=O)C1(CC(=O)c2ccccc2)C(c2ccccc2)C(c2ccccc2)=NN1c1ccccc1. The van der Waals surface area contributed by atoms with Gasteiger partial charge >= 0.3 is 0 Å². The van der Waals surface area contributed by atoms with E-state index in [1.807, 2.05) is 109 Å². The zero-order valence-corrected chi connectivity index (χ0v) is 19.6. The van der Waals surface area contributed by atoms with Crippen LogP contribution < -0.4 is 16.3 Å². The molecule has 0 aliphatic carbocycles. The van der Waals surface area contributed by atoms with Crippen LogP contribution in [0.3, 0.4) is 0 Å². The van der Waals surface area contributed by atoms with E-state index >= 15 is 0 Å². The first-order chi connectivity index (χ1) is 17.6. The van der Waals surface area contributed by atoms with E-state index in [0.29, 0.717) is 17.0 Å². The molecule has 4 aromatic rings. The van der Waals surface area contributed by atoms with E-state index in [0.717, 1.165) is 11.1 Å². The van der Waals surface area contributed by atoms with Crippen molar-refractivity contribution in [3.8, 4) is 0 Å². The number of nitrogens with zero attached hydrogens (tertiary/aromatic N) is 2. The number of para-hydroxylation sites is 1. The first-order valence-electron chi connectivity index (χ1n) is 11.8. The maximum atomic E-state index is 13.9. The van der Waals surface area contributed by atoms with Gasteiger partial charge in [-0.25, -0.2) is 10.9 Å². The molecule has 1 aliphatic heterocycles. The van der Waals surface area contributed by atoms with Gasteiger partial charge in [-0.1, -0.05) is 109 Å². The van der Waals surface area contributed by atoms with Crippen molar-refractivity contribution in [2.75, 3.05) is 5.01 Å². The molecule has 1 amide bonds. The highest BCUT2D eigenvalue weighted by molar-refractivity contribution is 6.15. The van der Waals surface area contributed by atoms with Gasteiger partial charge in [0.25, 0.3) is 5.91 Å². The molecule has 0 spiro atoms. The van der Waals surface area contributed by atoms with E-state index in [1.165, 1.54) is 0 Å². The van der Waals surface area contributed by atoms with E-state index in [4.69, 9.17) is 10.9 Å². The topological polar surface area (TPSA) is 87.8 Å². The molecular weight excluding hydrogens is 448 g/mol. The van der Waals surface area contributed by atoms with E-state index in [9.17, 15) is 9.59 Å². The summed E-state index contributed by atoms with van der Waals surface area (Å²) in [5, 5.41) is 6.71. The number of hydrazone groups is 1. The first-order valence-corrected chi connectivity index (χ1v) is 11.8. The number of nitrogens with two attached hydrogens (primary N) is 1. The number of Topliss-reactive ketones (excluding diaryl/α,β-unsaturated/α-hetero) is 1. The van der Waals surface area contributed by atoms with Crippen LogP contribution in [0.1, 0.15) is 33.8 Å². The number of rotatable bonds is 7. The lowest BCUT2D eigenvalue weighted by molar-refractivity contribution is -0.126. The van der Waals surface area contributed by atoms with Crippen molar-refractivity contribution in [1.82, 2.24) is 5.43 Å². The molecule has 2 unspecified atom stereocenters. The van der Waals surface area contributed by atoms with Gasteiger partial charge in [-0.15, -0.1) is 0 Å². The molecule has 0 aromatic heterocycles. The molecule has 0 radical (unpaired) electrons. The van der Waals surface area contributed by atoms with Gasteiger partial charge in [0.15, 0.2) is 11.3 Å². The number of benzene rings is 4. The summed E-state index contributed by atoms with van der Waals surface area (Å²) in [5.74, 6) is 4.59. The van der Waals surface area contributed by atoms with Crippen LogP contribution in [0.2, 0.25) is 0 Å². The molecule has 6 nitrogen and oxygen atoms in total. The predicted molar refractivity (Wildman–Crippen MR) is 142 cm³/mol. The Labute approximate surface area is 210 Å². The average molecular weight is 475 g/mol. The largest absolute Gasteiger partial charge is 0.294 e. The van der Waals surface area contributed by atoms with Gasteiger partial charge in [0.1, 0.15) is 0 Å². The molecular formula is C30H26N4O2. The van der Waals surface area contributed by atoms with Gasteiger partial charge in [-0.3, -0.25) is 15.0 Å². The fourth-order valence-corrected chi connectivity index (χ4v) is 4.95. The van der Waals surface area contributed by atoms with Crippen molar-refractivity contribution in [2.45, 2.75) is 17.9 Å². The van der Waals surface area contributed by atoms with Crippen LogP contribution >= 0.6 is 0 Å². The molecule has 2 atom stereocenters. The molecule has 0 saturated carbocycles. The minimum Gasteiger partial charge on any atom is -0.294 e. The zero-order valence-electron chi connectivity index (χ0n) is 19.6. The number of hydrogen-bond acceptors (Lipinski definition) is 5. The second kappa shape index (κ2) is 9.98. The molecule has 178 valence electrons. The van der Waals surface area contributed by atoms with Crippen molar-refractivity contribution in [1.29, 1.82) is 0 Å². The smallest absolute Gasteiger partial charge is 0.263 e. The number of anilines is 1. The number of hydrogen-bond donors (Lipinski definition) is 2. The van der Waals surface area contributed by atoms with E-state index in [-0.39, 0.29) is 12.2 Å². The second-order valence-electron chi connectivity index (χ2n) is 8.71. The lowest BCUT2D eigenvalue weighted by Gasteiger charge is -2.40. The maximum absolute atomic E-state index is 13.9. The number of hydrazine groups is 1. The number of amides is 1. The van der Waals surface area contributed by atoms with Crippen LogP contribution in [0.25, 0.3) is 0 Å². The molecule has 1 heterocycles. The van der Waals surface area contributed by atoms with Gasteiger partial charge < -0.3 is 0 Å². The van der Waals surface area contributed by atoms with Crippen molar-refractivity contribution in [3.63, 3.8) is 0 Å². The standard InChI is InChI=1S/C30H26N4O2/c31-32-29(36)30(21-26(35)22-13-5-1-6-14-22)27(23-15-7-2-8-16-23)28(24-17-9-3-10-18-24)33-34(30)25-19-11-4-12-20-25/h1-20,27H,21,31H2,(H,32,36). The second-order valence-corrected chi connectivity index (χ2v) is 8.71. The Morgan fingerprint density at radius 1 is 0.778 bits per heavy atom. The summed E-state index contributed by atoms with van der Waals surface area (Å²) in [4.78, 5) is 27.7. The minimum absolute atomic E-state index is 0.131. The highest BCUT2D eigenvalue weighted by Crippen LogP contribution is 2.47. The summed E-state index contributed by atoms with van der Waals surface area (Å²) in [7, 11) is 0. The Morgan fingerprint density at radius 2 is 1.31 bits per heavy atom. The molecule has 6 heteroatoms. The average Bonchev–Trinajstić information content (AvgIpc) is 3.30. The Morgan fingerprint density at radius 3 is 1.89 bits per heavy atom. The van der Waals surface area contributed by atoms with Crippen LogP contribution in [0.15, 0.2) is 126 Å². The Kier molecular flexibility index (Phi) is 6.43. The third-order valence-electron chi connectivity index (χ3n) is 6.59. The molecule has 5 rings (SSSR count). The summed E-state index contributed by atoms with van der Waals surface area (Å²) >= 11 is 0. The first kappa shape index (κ1) is 23.2. The Balaban J connectivity index is 1.77. The van der Waals surface area contributed by atoms with Crippen LogP contribution in [0, 0.1) is 0 Å². The van der Waals surface area contributed by atoms with E-state index < -0.39 is 17.4 Å². The van der Waals surface area contributed by atoms with Gasteiger partial charge in [0.05, 0.1) is 17.3 Å². The van der Waals surface area contributed by atoms with Crippen LogP contribution in [-0.2, 0) is 4.79 Å². The Hall–Kier alpha value is -4.55. The van der Waals surface area contributed by atoms with Gasteiger partial charge in [0.2, 0.25) is 0 Å². The van der Waals surface area contributed by atoms with Crippen molar-refractivity contribution in [2.24, 2.45) is 10.9 Å². The lowest BCUT2D eigenvalue weighted by Crippen LogP contribution is -2.61. The maximum Gasteiger partial charge on any atom is 0.263 e. The zero-order chi connectivity index (χ0) is 25.0. The monoisotopic (exact) mass is 474 g/mol. The van der Waals surface area contributed by atoms with Crippen molar-refractivity contribution in [3.05, 3.63) is 138 Å². The van der Waals surface area contributed by atoms with Crippen LogP contribution in [0.4, 0.5) is 5.69 Å². The molecule has 36 heavy (non-hydrogen) atoms. The van der Waals surface area contributed by atoms with Crippen molar-refractivity contribution >= 4 is 23.1 Å². The number of carbonyl (C=O) groups excluding carboxylic acids is 2. The quantitative estimate of drug-likeness (QED) is 0.176. The van der Waals surface area contributed by atoms with Gasteiger partial charge in [-0.05, 0) is 23.3 Å². The molecule has 3 N–H and O–H groups in total. The summed E-state index contributed by atoms with van der Waals surface area (Å²) in [5.41, 5.74) is 4.55. The normalized spacial score (nSPS) is 19.0. The number of ketones is 1. The fraction of sp³-hybridized carbons (Fsp3) is 0.100. The highest BCUT2D eigenvalue weighted by atomic mass is 16.2. The number of nitrogens with one attached hydrogen (secondary N) is 1. The number of carbonyl (C=O) groups is 2. The summed E-state index contributed by atoms with van der Waals surface area (Å²) in [6, 6.07) is 37.9. The fourth-order valence-electron chi connectivity index (χ4n) is 4.95. The predicted octanol–water partition coefficient (Wildman–Crippen LogP) is 4.70.